The van der Waals surface area contributed by atoms with Crippen LogP contribution in [0.25, 0.3) is 0 Å². The second-order valence-electron chi connectivity index (χ2n) is 12.1. The van der Waals surface area contributed by atoms with E-state index in [4.69, 9.17) is 16.3 Å². The van der Waals surface area contributed by atoms with Crippen LogP contribution in [0, 0.1) is 6.92 Å². The van der Waals surface area contributed by atoms with Gasteiger partial charge in [0.1, 0.15) is 18.3 Å². The molecule has 8 nitrogen and oxygen atoms in total. The summed E-state index contributed by atoms with van der Waals surface area (Å²) in [6.07, 6.45) is 0.225. The van der Waals surface area contributed by atoms with Gasteiger partial charge >= 0.3 is 0 Å². The van der Waals surface area contributed by atoms with E-state index < -0.39 is 34.1 Å². The topological polar surface area (TPSA) is 96.0 Å². The lowest BCUT2D eigenvalue weighted by atomic mass is 10.0. The van der Waals surface area contributed by atoms with Gasteiger partial charge in [-0.15, -0.1) is 0 Å². The van der Waals surface area contributed by atoms with E-state index in [-0.39, 0.29) is 29.5 Å². The molecule has 4 aromatic carbocycles. The molecule has 10 heteroatoms. The Morgan fingerprint density at radius 2 is 1.52 bits per heavy atom. The van der Waals surface area contributed by atoms with Crippen molar-refractivity contribution < 1.29 is 22.7 Å². The average Bonchev–Trinajstić information content (AvgIpc) is 3.02. The fourth-order valence-corrected chi connectivity index (χ4v) is 6.52. The number of ether oxygens (including phenoxy) is 1. The van der Waals surface area contributed by atoms with Gasteiger partial charge in [-0.05, 0) is 81.3 Å². The lowest BCUT2D eigenvalue weighted by Gasteiger charge is -2.35. The van der Waals surface area contributed by atoms with Gasteiger partial charge in [-0.1, -0.05) is 77.8 Å². The Balaban J connectivity index is 1.81. The van der Waals surface area contributed by atoms with Gasteiger partial charge < -0.3 is 15.0 Å². The minimum absolute atomic E-state index is 0.0301. The molecule has 4 aromatic rings. The lowest BCUT2D eigenvalue weighted by molar-refractivity contribution is -0.140. The SMILES string of the molecule is COc1ccc(S(=O)(=O)N(CC(=O)N(Cc2ccc(C)cc2)C(Cc2ccccc2)C(=O)NC(C)(C)C)c2cccc(Cl)c2)cc1. The minimum Gasteiger partial charge on any atom is -0.497 e. The minimum atomic E-state index is -4.27. The summed E-state index contributed by atoms with van der Waals surface area (Å²) in [7, 11) is -2.77. The standard InChI is InChI=1S/C36H40ClN3O5S/c1-26-14-16-28(17-15-26)24-39(33(35(42)38-36(2,3)4)22-27-10-7-6-8-11-27)34(41)25-40(30-13-9-12-29(37)23-30)46(43,44)32-20-18-31(45-5)19-21-32/h6-21,23,33H,22,24-25H2,1-5H3,(H,38,42). The second kappa shape index (κ2) is 14.8. The summed E-state index contributed by atoms with van der Waals surface area (Å²) >= 11 is 6.30. The van der Waals surface area contributed by atoms with Crippen molar-refractivity contribution in [1.82, 2.24) is 10.2 Å². The molecule has 1 N–H and O–H groups in total. The van der Waals surface area contributed by atoms with Crippen molar-refractivity contribution in [3.8, 4) is 5.75 Å². The van der Waals surface area contributed by atoms with Crippen LogP contribution in [0.15, 0.2) is 108 Å². The molecule has 0 aromatic heterocycles. The Morgan fingerprint density at radius 3 is 2.11 bits per heavy atom. The first-order valence-corrected chi connectivity index (χ1v) is 16.7. The number of carbonyl (C=O) groups is 2. The molecular weight excluding hydrogens is 622 g/mol. The van der Waals surface area contributed by atoms with E-state index in [9.17, 15) is 18.0 Å². The number of benzene rings is 4. The molecule has 0 radical (unpaired) electrons. The maximum absolute atomic E-state index is 14.6. The largest absolute Gasteiger partial charge is 0.497 e. The summed E-state index contributed by atoms with van der Waals surface area (Å²) in [5.74, 6) is -0.408. The number of nitrogens with one attached hydrogen (secondary N) is 1. The zero-order valence-corrected chi connectivity index (χ0v) is 28.3. The number of nitrogens with zero attached hydrogens (tertiary/aromatic N) is 2. The molecule has 0 fully saturated rings. The van der Waals surface area contributed by atoms with Crippen molar-refractivity contribution in [1.29, 1.82) is 0 Å². The summed E-state index contributed by atoms with van der Waals surface area (Å²) in [6.45, 7) is 7.10. The zero-order chi connectivity index (χ0) is 33.5. The van der Waals surface area contributed by atoms with Gasteiger partial charge in [0, 0.05) is 23.5 Å². The normalized spacial score (nSPS) is 12.2. The Hall–Kier alpha value is -4.34. The van der Waals surface area contributed by atoms with Crippen LogP contribution in [0.5, 0.6) is 5.75 Å². The fourth-order valence-electron chi connectivity index (χ4n) is 4.93. The molecule has 0 aliphatic carbocycles. The number of carbonyl (C=O) groups excluding carboxylic acids is 2. The summed E-state index contributed by atoms with van der Waals surface area (Å²) in [5.41, 5.74) is 2.34. The molecule has 0 aliphatic heterocycles. The number of methoxy groups -OCH3 is 1. The van der Waals surface area contributed by atoms with Gasteiger partial charge in [-0.2, -0.15) is 0 Å². The van der Waals surface area contributed by atoms with Gasteiger partial charge in [0.05, 0.1) is 17.7 Å². The van der Waals surface area contributed by atoms with E-state index in [1.54, 1.807) is 30.3 Å². The molecule has 4 rings (SSSR count). The molecule has 1 atom stereocenters. The van der Waals surface area contributed by atoms with Crippen LogP contribution in [0.2, 0.25) is 5.02 Å². The molecule has 0 saturated carbocycles. The molecule has 2 amide bonds. The summed E-state index contributed by atoms with van der Waals surface area (Å²) in [5, 5.41) is 3.34. The van der Waals surface area contributed by atoms with E-state index in [0.717, 1.165) is 21.0 Å². The number of halogens is 1. The van der Waals surface area contributed by atoms with Crippen molar-refractivity contribution in [2.45, 2.75) is 57.1 Å². The molecule has 0 bridgehead atoms. The van der Waals surface area contributed by atoms with Gasteiger partial charge in [0.2, 0.25) is 11.8 Å². The van der Waals surface area contributed by atoms with E-state index in [1.807, 2.05) is 82.3 Å². The highest BCUT2D eigenvalue weighted by Crippen LogP contribution is 2.28. The number of amides is 2. The first-order valence-electron chi connectivity index (χ1n) is 14.9. The number of hydrogen-bond acceptors (Lipinski definition) is 5. The van der Waals surface area contributed by atoms with Crippen LogP contribution in [0.4, 0.5) is 5.69 Å². The third-order valence-electron chi connectivity index (χ3n) is 7.27. The van der Waals surface area contributed by atoms with Crippen LogP contribution in [-0.4, -0.2) is 50.4 Å². The van der Waals surface area contributed by atoms with Crippen molar-refractivity contribution in [2.24, 2.45) is 0 Å². The summed E-state index contributed by atoms with van der Waals surface area (Å²) in [6, 6.07) is 28.4. The summed E-state index contributed by atoms with van der Waals surface area (Å²) < 4.78 is 34.6. The molecule has 1 unspecified atom stereocenters. The van der Waals surface area contributed by atoms with E-state index in [0.29, 0.717) is 10.8 Å². The second-order valence-corrected chi connectivity index (χ2v) is 14.4. The van der Waals surface area contributed by atoms with Crippen LogP contribution in [0.1, 0.15) is 37.5 Å². The predicted octanol–water partition coefficient (Wildman–Crippen LogP) is 6.41. The molecular formula is C36H40ClN3O5S. The number of aryl methyl sites for hydroxylation is 1. The van der Waals surface area contributed by atoms with Crippen molar-refractivity contribution in [2.75, 3.05) is 18.0 Å². The summed E-state index contributed by atoms with van der Waals surface area (Å²) in [4.78, 5) is 30.0. The van der Waals surface area contributed by atoms with Crippen LogP contribution >= 0.6 is 11.6 Å². The maximum Gasteiger partial charge on any atom is 0.264 e. The highest BCUT2D eigenvalue weighted by molar-refractivity contribution is 7.92. The molecule has 0 aliphatic rings. The first-order chi connectivity index (χ1) is 21.8. The number of rotatable bonds is 12. The quantitative estimate of drug-likeness (QED) is 0.189. The molecule has 46 heavy (non-hydrogen) atoms. The smallest absolute Gasteiger partial charge is 0.264 e. The van der Waals surface area contributed by atoms with Gasteiger partial charge in [0.25, 0.3) is 10.0 Å². The number of anilines is 1. The Kier molecular flexibility index (Phi) is 11.1. The van der Waals surface area contributed by atoms with Crippen LogP contribution < -0.4 is 14.4 Å². The Morgan fingerprint density at radius 1 is 0.870 bits per heavy atom. The Labute approximate surface area is 277 Å². The van der Waals surface area contributed by atoms with E-state index in [1.165, 1.54) is 30.2 Å². The molecule has 0 spiro atoms. The van der Waals surface area contributed by atoms with E-state index >= 15 is 0 Å². The fraction of sp³-hybridized carbons (Fsp3) is 0.278. The molecule has 242 valence electrons. The van der Waals surface area contributed by atoms with E-state index in [2.05, 4.69) is 5.32 Å². The maximum atomic E-state index is 14.6. The van der Waals surface area contributed by atoms with Crippen molar-refractivity contribution in [3.05, 3.63) is 125 Å². The van der Waals surface area contributed by atoms with Crippen LogP contribution in [-0.2, 0) is 32.6 Å². The van der Waals surface area contributed by atoms with Crippen molar-refractivity contribution >= 4 is 39.1 Å². The number of hydrogen-bond donors (Lipinski definition) is 1. The highest BCUT2D eigenvalue weighted by atomic mass is 35.5. The Bertz CT molecular complexity index is 1740. The van der Waals surface area contributed by atoms with Gasteiger partial charge in [-0.3, -0.25) is 13.9 Å². The van der Waals surface area contributed by atoms with Gasteiger partial charge in [-0.25, -0.2) is 8.42 Å². The van der Waals surface area contributed by atoms with Crippen LogP contribution in [0.3, 0.4) is 0 Å². The van der Waals surface area contributed by atoms with Crippen molar-refractivity contribution in [3.63, 3.8) is 0 Å². The van der Waals surface area contributed by atoms with Gasteiger partial charge in [0.15, 0.2) is 0 Å². The number of sulfonamides is 1. The first kappa shape index (κ1) is 34.5. The average molecular weight is 662 g/mol. The third kappa shape index (κ3) is 9.11. The third-order valence-corrected chi connectivity index (χ3v) is 9.29. The monoisotopic (exact) mass is 661 g/mol. The predicted molar refractivity (Wildman–Crippen MR) is 183 cm³/mol. The molecule has 0 heterocycles. The lowest BCUT2D eigenvalue weighted by Crippen LogP contribution is -2.56. The highest BCUT2D eigenvalue weighted by Gasteiger charge is 2.35. The zero-order valence-electron chi connectivity index (χ0n) is 26.7. The molecule has 0 saturated heterocycles.